The highest BCUT2D eigenvalue weighted by Gasteiger charge is 2.22. The Bertz CT molecular complexity index is 978. The summed E-state index contributed by atoms with van der Waals surface area (Å²) in [7, 11) is -0.133. The molecule has 9 heteroatoms. The Kier molecular flexibility index (Phi) is 11.3. The van der Waals surface area contributed by atoms with Crippen LogP contribution < -0.4 is 10.6 Å². The third-order valence-corrected chi connectivity index (χ3v) is 7.77. The van der Waals surface area contributed by atoms with Crippen molar-refractivity contribution in [3.8, 4) is 0 Å². The average molecular weight is 577 g/mol. The minimum atomic E-state index is -3.47. The van der Waals surface area contributed by atoms with E-state index in [0.29, 0.717) is 23.9 Å². The van der Waals surface area contributed by atoms with E-state index in [9.17, 15) is 8.42 Å². The molecule has 31 heavy (non-hydrogen) atoms. The van der Waals surface area contributed by atoms with Crippen LogP contribution in [0.5, 0.6) is 0 Å². The molecule has 2 rings (SSSR count). The van der Waals surface area contributed by atoms with Crippen molar-refractivity contribution in [1.82, 2.24) is 14.9 Å². The molecule has 0 bridgehead atoms. The molecular weight excluding hydrogens is 543 g/mol. The Balaban J connectivity index is 0.00000480. The summed E-state index contributed by atoms with van der Waals surface area (Å²) < 4.78 is 26.5. The van der Waals surface area contributed by atoms with Gasteiger partial charge in [0, 0.05) is 38.1 Å². The molecule has 172 valence electrons. The number of benzene rings is 2. The third-order valence-electron chi connectivity index (χ3n) is 4.90. The van der Waals surface area contributed by atoms with Gasteiger partial charge in [-0.05, 0) is 61.9 Å². The third kappa shape index (κ3) is 7.65. The van der Waals surface area contributed by atoms with Gasteiger partial charge in [-0.2, -0.15) is 4.31 Å². The first-order valence-corrected chi connectivity index (χ1v) is 12.5. The molecule has 0 amide bonds. The van der Waals surface area contributed by atoms with Gasteiger partial charge >= 0.3 is 0 Å². The van der Waals surface area contributed by atoms with Gasteiger partial charge in [0.15, 0.2) is 5.96 Å². The zero-order valence-corrected chi connectivity index (χ0v) is 22.9. The lowest BCUT2D eigenvalue weighted by molar-refractivity contribution is 0.410. The number of aryl methyl sites for hydroxylation is 1. The van der Waals surface area contributed by atoms with Gasteiger partial charge in [-0.3, -0.25) is 4.99 Å². The fraction of sp³-hybridized carbons (Fsp3) is 0.409. The SMILES string of the molecule is CN=C(NCc1ccc(S(=O)(=O)N(C)C(C)C)cc1)NCc1ccc(C)cc1SC.I. The highest BCUT2D eigenvalue weighted by atomic mass is 127. The van der Waals surface area contributed by atoms with Crippen LogP contribution >= 0.6 is 35.7 Å². The van der Waals surface area contributed by atoms with Crippen molar-refractivity contribution in [3.05, 3.63) is 59.2 Å². The van der Waals surface area contributed by atoms with E-state index >= 15 is 0 Å². The predicted octanol–water partition coefficient (Wildman–Crippen LogP) is 4.23. The van der Waals surface area contributed by atoms with Crippen LogP contribution in [0.25, 0.3) is 0 Å². The number of aliphatic imine (C=N–C) groups is 1. The van der Waals surface area contributed by atoms with Crippen LogP contribution in [0.4, 0.5) is 0 Å². The quantitative estimate of drug-likeness (QED) is 0.213. The Morgan fingerprint density at radius 2 is 1.71 bits per heavy atom. The van der Waals surface area contributed by atoms with Crippen LogP contribution in [-0.4, -0.2) is 45.1 Å². The minimum Gasteiger partial charge on any atom is -0.352 e. The van der Waals surface area contributed by atoms with Crippen molar-refractivity contribution in [1.29, 1.82) is 0 Å². The minimum absolute atomic E-state index is 0. The first kappa shape index (κ1) is 27.7. The number of hydrogen-bond acceptors (Lipinski definition) is 4. The Morgan fingerprint density at radius 3 is 2.26 bits per heavy atom. The van der Waals surface area contributed by atoms with Crippen molar-refractivity contribution in [3.63, 3.8) is 0 Å². The highest BCUT2D eigenvalue weighted by Crippen LogP contribution is 2.21. The Hall–Kier alpha value is -1.30. The summed E-state index contributed by atoms with van der Waals surface area (Å²) in [4.78, 5) is 5.83. The molecule has 0 saturated heterocycles. The van der Waals surface area contributed by atoms with Crippen molar-refractivity contribution < 1.29 is 8.42 Å². The van der Waals surface area contributed by atoms with Crippen LogP contribution in [0.15, 0.2) is 57.2 Å². The van der Waals surface area contributed by atoms with E-state index in [1.165, 1.54) is 20.3 Å². The fourth-order valence-electron chi connectivity index (χ4n) is 2.81. The summed E-state index contributed by atoms with van der Waals surface area (Å²) >= 11 is 1.73. The van der Waals surface area contributed by atoms with Crippen LogP contribution in [-0.2, 0) is 23.1 Å². The zero-order valence-electron chi connectivity index (χ0n) is 19.0. The summed E-state index contributed by atoms with van der Waals surface area (Å²) in [6.07, 6.45) is 2.08. The lowest BCUT2D eigenvalue weighted by Crippen LogP contribution is -2.36. The van der Waals surface area contributed by atoms with Crippen molar-refractivity contribution in [2.45, 2.75) is 49.7 Å². The fourth-order valence-corrected chi connectivity index (χ4v) is 4.88. The maximum Gasteiger partial charge on any atom is 0.243 e. The number of rotatable bonds is 8. The van der Waals surface area contributed by atoms with Gasteiger partial charge in [0.05, 0.1) is 4.90 Å². The van der Waals surface area contributed by atoms with Crippen molar-refractivity contribution in [2.75, 3.05) is 20.4 Å². The maximum atomic E-state index is 12.6. The summed E-state index contributed by atoms with van der Waals surface area (Å²) in [5.41, 5.74) is 3.44. The lowest BCUT2D eigenvalue weighted by atomic mass is 10.1. The zero-order chi connectivity index (χ0) is 22.3. The molecule has 2 aromatic carbocycles. The molecule has 0 spiro atoms. The Morgan fingerprint density at radius 1 is 1.10 bits per heavy atom. The smallest absolute Gasteiger partial charge is 0.243 e. The molecule has 2 N–H and O–H groups in total. The van der Waals surface area contributed by atoms with Gasteiger partial charge in [-0.1, -0.05) is 24.3 Å². The summed E-state index contributed by atoms with van der Waals surface area (Å²) in [5.74, 6) is 0.693. The number of nitrogens with zero attached hydrogens (tertiary/aromatic N) is 2. The molecule has 0 fully saturated rings. The predicted molar refractivity (Wildman–Crippen MR) is 142 cm³/mol. The second kappa shape index (κ2) is 12.7. The first-order chi connectivity index (χ1) is 14.2. The number of hydrogen-bond donors (Lipinski definition) is 2. The van der Waals surface area contributed by atoms with Crippen LogP contribution in [0.1, 0.15) is 30.5 Å². The standard InChI is InChI=1S/C22H32N4O2S2.HI/c1-16(2)26(5)30(27,28)20-11-8-18(9-12-20)14-24-22(23-4)25-15-19-10-7-17(3)13-21(19)29-6;/h7-13,16H,14-15H2,1-6H3,(H2,23,24,25);1H. The molecule has 0 aliphatic carbocycles. The molecule has 0 heterocycles. The average Bonchev–Trinajstić information content (AvgIpc) is 2.74. The molecule has 0 unspecified atom stereocenters. The number of nitrogens with one attached hydrogen (secondary N) is 2. The van der Waals surface area contributed by atoms with Crippen molar-refractivity contribution in [2.24, 2.45) is 4.99 Å². The summed E-state index contributed by atoms with van der Waals surface area (Å²) in [6, 6.07) is 13.3. The largest absolute Gasteiger partial charge is 0.352 e. The molecule has 0 aliphatic rings. The van der Waals surface area contributed by atoms with Crippen molar-refractivity contribution >= 4 is 51.7 Å². The number of thioether (sulfide) groups is 1. The summed E-state index contributed by atoms with van der Waals surface area (Å²) in [6.45, 7) is 7.02. The second-order valence-corrected chi connectivity index (χ2v) is 10.2. The molecule has 0 aromatic heterocycles. The molecule has 0 aliphatic heterocycles. The molecule has 2 aromatic rings. The van der Waals surface area contributed by atoms with Gasteiger partial charge in [0.25, 0.3) is 0 Å². The van der Waals surface area contributed by atoms with E-state index in [-0.39, 0.29) is 30.0 Å². The van der Waals surface area contributed by atoms with Crippen LogP contribution in [0.2, 0.25) is 0 Å². The highest BCUT2D eigenvalue weighted by molar-refractivity contribution is 14.0. The molecular formula is C22H33IN4O2S2. The molecule has 0 saturated carbocycles. The van der Waals surface area contributed by atoms with E-state index in [1.807, 2.05) is 26.0 Å². The van der Waals surface area contributed by atoms with Gasteiger partial charge in [0.1, 0.15) is 0 Å². The summed E-state index contributed by atoms with van der Waals surface area (Å²) in [5, 5.41) is 6.61. The van der Waals surface area contributed by atoms with E-state index in [0.717, 1.165) is 5.56 Å². The lowest BCUT2D eigenvalue weighted by Gasteiger charge is -2.21. The van der Waals surface area contributed by atoms with Gasteiger partial charge in [-0.25, -0.2) is 8.42 Å². The molecule has 6 nitrogen and oxygen atoms in total. The monoisotopic (exact) mass is 576 g/mol. The van der Waals surface area contributed by atoms with Gasteiger partial charge < -0.3 is 10.6 Å². The van der Waals surface area contributed by atoms with Crippen LogP contribution in [0, 0.1) is 6.92 Å². The molecule has 0 radical (unpaired) electrons. The van der Waals surface area contributed by atoms with E-state index < -0.39 is 10.0 Å². The number of guanidine groups is 1. The van der Waals surface area contributed by atoms with E-state index in [4.69, 9.17) is 0 Å². The number of sulfonamides is 1. The van der Waals surface area contributed by atoms with Gasteiger partial charge in [-0.15, -0.1) is 35.7 Å². The Labute approximate surface area is 208 Å². The maximum absolute atomic E-state index is 12.6. The first-order valence-electron chi connectivity index (χ1n) is 9.84. The van der Waals surface area contributed by atoms with Gasteiger partial charge in [0.2, 0.25) is 10.0 Å². The molecule has 0 atom stereocenters. The normalized spacial score (nSPS) is 12.1. The topological polar surface area (TPSA) is 73.8 Å². The van der Waals surface area contributed by atoms with Crippen LogP contribution in [0.3, 0.4) is 0 Å². The second-order valence-electron chi connectivity index (χ2n) is 7.35. The van der Waals surface area contributed by atoms with E-state index in [2.05, 4.69) is 47.0 Å². The van der Waals surface area contributed by atoms with E-state index in [1.54, 1.807) is 38.0 Å². The number of halogens is 1.